The molecule has 2 aromatic rings. The molecule has 31 heavy (non-hydrogen) atoms. The molecule has 2 fully saturated rings. The lowest BCUT2D eigenvalue weighted by molar-refractivity contribution is 0.0697. The van der Waals surface area contributed by atoms with Gasteiger partial charge in [-0.25, -0.2) is 4.79 Å². The average molecular weight is 442 g/mol. The van der Waals surface area contributed by atoms with Gasteiger partial charge in [0.15, 0.2) is 0 Å². The summed E-state index contributed by atoms with van der Waals surface area (Å²) in [4.78, 5) is 29.2. The fourth-order valence-electron chi connectivity index (χ4n) is 4.62. The molecule has 6 nitrogen and oxygen atoms in total. The smallest absolute Gasteiger partial charge is 0.337 e. The Labute approximate surface area is 187 Å². The first-order valence-electron chi connectivity index (χ1n) is 10.9. The number of nitrogens with one attached hydrogen (secondary N) is 1. The Morgan fingerprint density at radius 3 is 2.26 bits per heavy atom. The number of nitrogens with zero attached hydrogens (tertiary/aromatic N) is 2. The Balaban J connectivity index is 1.44. The fraction of sp³-hybridized carbons (Fsp3) is 0.417. The van der Waals surface area contributed by atoms with E-state index in [9.17, 15) is 14.7 Å². The molecule has 2 saturated heterocycles. The number of hydrogen-bond donors (Lipinski definition) is 2. The van der Waals surface area contributed by atoms with Crippen LogP contribution in [-0.2, 0) is 0 Å². The van der Waals surface area contributed by atoms with E-state index < -0.39 is 5.97 Å². The van der Waals surface area contributed by atoms with Gasteiger partial charge in [-0.15, -0.1) is 0 Å². The Kier molecular flexibility index (Phi) is 6.78. The van der Waals surface area contributed by atoms with Crippen LogP contribution in [0.4, 0.5) is 11.4 Å². The number of rotatable bonds is 5. The molecule has 0 aliphatic carbocycles. The van der Waals surface area contributed by atoms with Gasteiger partial charge < -0.3 is 20.2 Å². The summed E-state index contributed by atoms with van der Waals surface area (Å²) in [6, 6.07) is 12.3. The van der Waals surface area contributed by atoms with Crippen LogP contribution in [0.3, 0.4) is 0 Å². The van der Waals surface area contributed by atoms with Crippen LogP contribution in [0.25, 0.3) is 0 Å². The van der Waals surface area contributed by atoms with Gasteiger partial charge in [0.25, 0.3) is 5.91 Å². The van der Waals surface area contributed by atoms with Gasteiger partial charge >= 0.3 is 5.97 Å². The van der Waals surface area contributed by atoms with E-state index in [0.717, 1.165) is 25.9 Å². The summed E-state index contributed by atoms with van der Waals surface area (Å²) in [5, 5.41) is 13.1. The number of carboxylic acid groups (broad SMARTS) is 1. The zero-order chi connectivity index (χ0) is 21.8. The molecular formula is C24H28ClN3O3. The molecule has 0 aromatic heterocycles. The SMILES string of the molecule is O=C(Nc1ccc(N2CCC(N3CCCCC3)CC2)c(C(=O)O)c1)c1ccc(Cl)cc1. The lowest BCUT2D eigenvalue weighted by Gasteiger charge is -2.41. The van der Waals surface area contributed by atoms with E-state index in [4.69, 9.17) is 11.6 Å². The highest BCUT2D eigenvalue weighted by molar-refractivity contribution is 6.30. The second kappa shape index (κ2) is 9.71. The minimum absolute atomic E-state index is 0.213. The van der Waals surface area contributed by atoms with Crippen molar-refractivity contribution in [3.05, 3.63) is 58.6 Å². The van der Waals surface area contributed by atoms with Crippen LogP contribution in [0.2, 0.25) is 5.02 Å². The number of carbonyl (C=O) groups is 2. The van der Waals surface area contributed by atoms with Crippen molar-refractivity contribution in [2.45, 2.75) is 38.1 Å². The van der Waals surface area contributed by atoms with E-state index in [2.05, 4.69) is 15.1 Å². The van der Waals surface area contributed by atoms with Gasteiger partial charge in [0, 0.05) is 35.4 Å². The van der Waals surface area contributed by atoms with E-state index in [1.54, 1.807) is 36.4 Å². The summed E-state index contributed by atoms with van der Waals surface area (Å²) in [6.07, 6.45) is 6.00. The third-order valence-corrected chi connectivity index (χ3v) is 6.56. The summed E-state index contributed by atoms with van der Waals surface area (Å²) < 4.78 is 0. The van der Waals surface area contributed by atoms with Crippen molar-refractivity contribution in [1.82, 2.24) is 4.90 Å². The maximum Gasteiger partial charge on any atom is 0.337 e. The number of amides is 1. The van der Waals surface area contributed by atoms with E-state index in [1.807, 2.05) is 6.07 Å². The second-order valence-corrected chi connectivity index (χ2v) is 8.75. The van der Waals surface area contributed by atoms with Crippen molar-refractivity contribution in [3.63, 3.8) is 0 Å². The van der Waals surface area contributed by atoms with Gasteiger partial charge in [-0.1, -0.05) is 18.0 Å². The van der Waals surface area contributed by atoms with Crippen LogP contribution >= 0.6 is 11.6 Å². The molecule has 0 bridgehead atoms. The number of halogens is 1. The zero-order valence-corrected chi connectivity index (χ0v) is 18.3. The molecule has 1 amide bonds. The number of likely N-dealkylation sites (tertiary alicyclic amines) is 1. The quantitative estimate of drug-likeness (QED) is 0.700. The highest BCUT2D eigenvalue weighted by Gasteiger charge is 2.27. The summed E-state index contributed by atoms with van der Waals surface area (Å²) >= 11 is 5.87. The third kappa shape index (κ3) is 5.20. The topological polar surface area (TPSA) is 72.9 Å². The molecule has 164 valence electrons. The van der Waals surface area contributed by atoms with Crippen molar-refractivity contribution in [2.75, 3.05) is 36.4 Å². The van der Waals surface area contributed by atoms with Crippen molar-refractivity contribution in [1.29, 1.82) is 0 Å². The molecule has 4 rings (SSSR count). The number of carboxylic acids is 1. The van der Waals surface area contributed by atoms with Crippen LogP contribution in [0, 0.1) is 0 Å². The normalized spacial score (nSPS) is 18.0. The van der Waals surface area contributed by atoms with Gasteiger partial charge in [-0.3, -0.25) is 4.79 Å². The monoisotopic (exact) mass is 441 g/mol. The van der Waals surface area contributed by atoms with E-state index in [-0.39, 0.29) is 11.5 Å². The van der Waals surface area contributed by atoms with Crippen molar-refractivity contribution in [3.8, 4) is 0 Å². The highest BCUT2D eigenvalue weighted by Crippen LogP contribution is 2.29. The lowest BCUT2D eigenvalue weighted by atomic mass is 9.98. The number of benzene rings is 2. The summed E-state index contributed by atoms with van der Waals surface area (Å²) in [5.41, 5.74) is 1.86. The second-order valence-electron chi connectivity index (χ2n) is 8.31. The van der Waals surface area contributed by atoms with Gasteiger partial charge in [0.2, 0.25) is 0 Å². The molecule has 0 atom stereocenters. The molecule has 0 spiro atoms. The summed E-state index contributed by atoms with van der Waals surface area (Å²) in [5.74, 6) is -1.29. The first-order chi connectivity index (χ1) is 15.0. The van der Waals surface area contributed by atoms with E-state index in [1.165, 1.54) is 32.4 Å². The Morgan fingerprint density at radius 2 is 1.61 bits per heavy atom. The molecule has 2 heterocycles. The molecule has 2 aliphatic rings. The standard InChI is InChI=1S/C24H28ClN3O3/c25-18-6-4-17(5-7-18)23(29)26-19-8-9-22(21(16-19)24(30)31)28-14-10-20(11-15-28)27-12-2-1-3-13-27/h4-9,16,20H,1-3,10-15H2,(H,26,29)(H,30,31). The van der Waals surface area contributed by atoms with Gasteiger partial charge in [0.05, 0.1) is 11.3 Å². The molecular weight excluding hydrogens is 414 g/mol. The van der Waals surface area contributed by atoms with Crippen molar-refractivity contribution in [2.24, 2.45) is 0 Å². The van der Waals surface area contributed by atoms with Crippen LogP contribution < -0.4 is 10.2 Å². The molecule has 7 heteroatoms. The van der Waals surface area contributed by atoms with E-state index >= 15 is 0 Å². The zero-order valence-electron chi connectivity index (χ0n) is 17.5. The number of hydrogen-bond acceptors (Lipinski definition) is 4. The Morgan fingerprint density at radius 1 is 0.935 bits per heavy atom. The molecule has 0 unspecified atom stereocenters. The molecule has 2 N–H and O–H groups in total. The third-order valence-electron chi connectivity index (χ3n) is 6.30. The minimum atomic E-state index is -0.990. The van der Waals surface area contributed by atoms with Gasteiger partial charge in [-0.05, 0) is 81.2 Å². The predicted molar refractivity (Wildman–Crippen MR) is 123 cm³/mol. The molecule has 2 aromatic carbocycles. The van der Waals surface area contributed by atoms with Gasteiger partial charge in [-0.2, -0.15) is 0 Å². The minimum Gasteiger partial charge on any atom is -0.478 e. The Hall–Kier alpha value is -2.57. The first kappa shape index (κ1) is 21.7. The average Bonchev–Trinajstić information content (AvgIpc) is 2.80. The number of carbonyl (C=O) groups excluding carboxylic acids is 1. The molecule has 0 radical (unpaired) electrons. The van der Waals surface area contributed by atoms with Crippen LogP contribution in [0.1, 0.15) is 52.8 Å². The summed E-state index contributed by atoms with van der Waals surface area (Å²) in [7, 11) is 0. The molecule has 0 saturated carbocycles. The molecule has 2 aliphatic heterocycles. The highest BCUT2D eigenvalue weighted by atomic mass is 35.5. The lowest BCUT2D eigenvalue weighted by Crippen LogP contribution is -2.47. The summed E-state index contributed by atoms with van der Waals surface area (Å²) in [6.45, 7) is 4.07. The van der Waals surface area contributed by atoms with E-state index in [0.29, 0.717) is 28.0 Å². The van der Waals surface area contributed by atoms with Crippen molar-refractivity contribution < 1.29 is 14.7 Å². The first-order valence-corrected chi connectivity index (χ1v) is 11.3. The van der Waals surface area contributed by atoms with Gasteiger partial charge in [0.1, 0.15) is 0 Å². The number of piperidine rings is 2. The predicted octanol–water partition coefficient (Wildman–Crippen LogP) is 4.75. The number of anilines is 2. The maximum atomic E-state index is 12.5. The maximum absolute atomic E-state index is 12.5. The largest absolute Gasteiger partial charge is 0.478 e. The fourth-order valence-corrected chi connectivity index (χ4v) is 4.75. The van der Waals surface area contributed by atoms with Crippen molar-refractivity contribution >= 4 is 34.9 Å². The van der Waals surface area contributed by atoms with Crippen LogP contribution in [0.5, 0.6) is 0 Å². The number of aromatic carboxylic acids is 1. The Bertz CT molecular complexity index is 934. The van der Waals surface area contributed by atoms with Crippen LogP contribution in [0.15, 0.2) is 42.5 Å². The van der Waals surface area contributed by atoms with Crippen LogP contribution in [-0.4, -0.2) is 54.1 Å².